The van der Waals surface area contributed by atoms with Gasteiger partial charge in [0.1, 0.15) is 11.4 Å². The maximum Gasteiger partial charge on any atom is 0.121 e. The van der Waals surface area contributed by atoms with E-state index in [1.165, 1.54) is 0 Å². The summed E-state index contributed by atoms with van der Waals surface area (Å²) in [6.07, 6.45) is 10.2. The molecule has 2 aromatic heterocycles. The molecule has 0 aliphatic carbocycles. The number of pyridine rings is 2. The number of nitrogens with zero attached hydrogens (tertiary/aromatic N) is 6. The van der Waals surface area contributed by atoms with Crippen LogP contribution in [0.15, 0.2) is 130 Å². The number of rotatable bonds is 7. The molecule has 0 unspecified atom stereocenters. The van der Waals surface area contributed by atoms with Gasteiger partial charge < -0.3 is 0 Å². The largest absolute Gasteiger partial charge is 0.265 e. The highest BCUT2D eigenvalue weighted by molar-refractivity contribution is 6.53. The van der Waals surface area contributed by atoms with Crippen molar-refractivity contribution in [3.8, 4) is 0 Å². The standard InChI is InChI=1S/C26H20N6/c1-3-7-23(8-4-1)25(31-29-19-21-11-15-27-16-12-21)26(24-9-5-2-6-10-24)32-30-20-22-13-17-28-18-14-22/h1-20H/b29-19+,30-20+,31-25+,32-26+. The van der Waals surface area contributed by atoms with Crippen LogP contribution in [-0.4, -0.2) is 33.8 Å². The quantitative estimate of drug-likeness (QED) is 0.320. The fourth-order valence-electron chi connectivity index (χ4n) is 2.88. The van der Waals surface area contributed by atoms with E-state index < -0.39 is 0 Å². The van der Waals surface area contributed by atoms with E-state index in [9.17, 15) is 0 Å². The summed E-state index contributed by atoms with van der Waals surface area (Å²) in [6.45, 7) is 0. The van der Waals surface area contributed by atoms with E-state index in [2.05, 4.69) is 30.4 Å². The zero-order chi connectivity index (χ0) is 21.8. The number of hydrogen-bond donors (Lipinski definition) is 0. The Balaban J connectivity index is 1.77. The molecule has 0 saturated carbocycles. The molecule has 154 valence electrons. The van der Waals surface area contributed by atoms with Gasteiger partial charge in [0.15, 0.2) is 0 Å². The summed E-state index contributed by atoms with van der Waals surface area (Å²) < 4.78 is 0. The highest BCUT2D eigenvalue weighted by atomic mass is 15.2. The highest BCUT2D eigenvalue weighted by Crippen LogP contribution is 2.11. The Bertz CT molecular complexity index is 1130. The van der Waals surface area contributed by atoms with E-state index in [-0.39, 0.29) is 0 Å². The van der Waals surface area contributed by atoms with Gasteiger partial charge in [-0.05, 0) is 35.4 Å². The zero-order valence-electron chi connectivity index (χ0n) is 17.2. The van der Waals surface area contributed by atoms with Gasteiger partial charge in [-0.3, -0.25) is 9.97 Å². The van der Waals surface area contributed by atoms with Crippen molar-refractivity contribution >= 4 is 23.9 Å². The first kappa shape index (κ1) is 20.7. The van der Waals surface area contributed by atoms with Crippen LogP contribution in [-0.2, 0) is 0 Å². The first-order chi connectivity index (χ1) is 15.9. The number of benzene rings is 2. The van der Waals surface area contributed by atoms with Crippen molar-refractivity contribution in [1.82, 2.24) is 9.97 Å². The molecule has 0 atom stereocenters. The molecular formula is C26H20N6. The van der Waals surface area contributed by atoms with Crippen LogP contribution >= 0.6 is 0 Å². The molecule has 4 aromatic rings. The molecule has 4 rings (SSSR count). The number of aromatic nitrogens is 2. The fourth-order valence-corrected chi connectivity index (χ4v) is 2.88. The molecule has 32 heavy (non-hydrogen) atoms. The molecule has 0 bridgehead atoms. The Morgan fingerprint density at radius 3 is 1.25 bits per heavy atom. The van der Waals surface area contributed by atoms with Gasteiger partial charge in [-0.25, -0.2) is 0 Å². The summed E-state index contributed by atoms with van der Waals surface area (Å²) >= 11 is 0. The smallest absolute Gasteiger partial charge is 0.121 e. The molecule has 0 fully saturated rings. The molecule has 0 saturated heterocycles. The van der Waals surface area contributed by atoms with E-state index in [4.69, 9.17) is 0 Å². The van der Waals surface area contributed by atoms with Gasteiger partial charge in [0.25, 0.3) is 0 Å². The summed E-state index contributed by atoms with van der Waals surface area (Å²) in [6, 6.07) is 27.1. The van der Waals surface area contributed by atoms with Gasteiger partial charge in [-0.2, -0.15) is 10.2 Å². The fraction of sp³-hybridized carbons (Fsp3) is 0. The first-order valence-corrected chi connectivity index (χ1v) is 10.0. The molecule has 2 heterocycles. The maximum absolute atomic E-state index is 4.54. The van der Waals surface area contributed by atoms with E-state index in [1.54, 1.807) is 37.2 Å². The SMILES string of the molecule is C(=N/N=C(/C(=N/N=C/c1ccncc1)c1ccccc1)c1ccccc1)\c1ccncc1. The molecular weight excluding hydrogens is 396 g/mol. The molecule has 0 N–H and O–H groups in total. The summed E-state index contributed by atoms with van der Waals surface area (Å²) in [5.41, 5.74) is 4.83. The first-order valence-electron chi connectivity index (χ1n) is 10.0. The van der Waals surface area contributed by atoms with Crippen molar-refractivity contribution in [3.05, 3.63) is 132 Å². The third-order valence-electron chi connectivity index (χ3n) is 4.46. The second kappa shape index (κ2) is 11.0. The molecule has 0 aliphatic heterocycles. The Morgan fingerprint density at radius 2 is 0.875 bits per heavy atom. The highest BCUT2D eigenvalue weighted by Gasteiger charge is 2.14. The van der Waals surface area contributed by atoms with Crippen molar-refractivity contribution in [2.75, 3.05) is 0 Å². The van der Waals surface area contributed by atoms with Crippen molar-refractivity contribution in [2.24, 2.45) is 20.4 Å². The zero-order valence-corrected chi connectivity index (χ0v) is 17.2. The van der Waals surface area contributed by atoms with Crippen LogP contribution in [0.4, 0.5) is 0 Å². The van der Waals surface area contributed by atoms with Gasteiger partial charge >= 0.3 is 0 Å². The third-order valence-corrected chi connectivity index (χ3v) is 4.46. The van der Waals surface area contributed by atoms with Crippen LogP contribution in [0.1, 0.15) is 22.3 Å². The van der Waals surface area contributed by atoms with Crippen LogP contribution in [0.3, 0.4) is 0 Å². The van der Waals surface area contributed by atoms with Gasteiger partial charge in [0.2, 0.25) is 0 Å². The van der Waals surface area contributed by atoms with E-state index in [0.29, 0.717) is 11.4 Å². The summed E-state index contributed by atoms with van der Waals surface area (Å²) in [4.78, 5) is 8.05. The van der Waals surface area contributed by atoms with E-state index >= 15 is 0 Å². The normalized spacial score (nSPS) is 12.5. The van der Waals surface area contributed by atoms with Crippen LogP contribution in [0.5, 0.6) is 0 Å². The van der Waals surface area contributed by atoms with Gasteiger partial charge in [-0.1, -0.05) is 60.7 Å². The van der Waals surface area contributed by atoms with Gasteiger partial charge in [-0.15, -0.1) is 10.2 Å². The van der Waals surface area contributed by atoms with Crippen molar-refractivity contribution in [1.29, 1.82) is 0 Å². The molecule has 2 aromatic carbocycles. The number of hydrogen-bond acceptors (Lipinski definition) is 6. The molecule has 0 radical (unpaired) electrons. The topological polar surface area (TPSA) is 75.2 Å². The molecule has 0 spiro atoms. The van der Waals surface area contributed by atoms with E-state index in [0.717, 1.165) is 22.3 Å². The molecule has 0 aliphatic rings. The lowest BCUT2D eigenvalue weighted by Gasteiger charge is -2.08. The lowest BCUT2D eigenvalue weighted by Crippen LogP contribution is -2.17. The average Bonchev–Trinajstić information content (AvgIpc) is 2.87. The van der Waals surface area contributed by atoms with Crippen molar-refractivity contribution in [2.45, 2.75) is 0 Å². The lowest BCUT2D eigenvalue weighted by atomic mass is 10.00. The summed E-state index contributed by atoms with van der Waals surface area (Å²) in [5.74, 6) is 0. The van der Waals surface area contributed by atoms with Crippen LogP contribution in [0, 0.1) is 0 Å². The van der Waals surface area contributed by atoms with Crippen LogP contribution < -0.4 is 0 Å². The predicted octanol–water partition coefficient (Wildman–Crippen LogP) is 4.82. The van der Waals surface area contributed by atoms with Crippen molar-refractivity contribution < 1.29 is 0 Å². The van der Waals surface area contributed by atoms with Gasteiger partial charge in [0.05, 0.1) is 12.4 Å². The predicted molar refractivity (Wildman–Crippen MR) is 130 cm³/mol. The Morgan fingerprint density at radius 1 is 0.500 bits per heavy atom. The molecule has 0 amide bonds. The summed E-state index contributed by atoms with van der Waals surface area (Å²) in [7, 11) is 0. The Labute approximate surface area is 186 Å². The van der Waals surface area contributed by atoms with Gasteiger partial charge in [0, 0.05) is 35.9 Å². The maximum atomic E-state index is 4.54. The second-order valence-corrected chi connectivity index (χ2v) is 6.68. The second-order valence-electron chi connectivity index (χ2n) is 6.68. The minimum absolute atomic E-state index is 0.619. The summed E-state index contributed by atoms with van der Waals surface area (Å²) in [5, 5.41) is 17.7. The average molecular weight is 416 g/mol. The van der Waals surface area contributed by atoms with E-state index in [1.807, 2.05) is 84.9 Å². The third kappa shape index (κ3) is 5.73. The minimum atomic E-state index is 0.619. The Kier molecular flexibility index (Phi) is 7.10. The lowest BCUT2D eigenvalue weighted by molar-refractivity contribution is 1.23. The minimum Gasteiger partial charge on any atom is -0.265 e. The molecule has 6 heteroatoms. The monoisotopic (exact) mass is 416 g/mol. The van der Waals surface area contributed by atoms with Crippen LogP contribution in [0.25, 0.3) is 0 Å². The van der Waals surface area contributed by atoms with Crippen molar-refractivity contribution in [3.63, 3.8) is 0 Å². The molecule has 6 nitrogen and oxygen atoms in total. The Hall–Kier alpha value is -4.58. The van der Waals surface area contributed by atoms with Crippen LogP contribution in [0.2, 0.25) is 0 Å².